The molecule has 16 nitrogen and oxygen atoms in total. The zero-order valence-electron chi connectivity index (χ0n) is 44.0. The maximum Gasteiger partial charge on any atom is 2.00 e. The summed E-state index contributed by atoms with van der Waals surface area (Å²) in [6.45, 7) is 8.97. The molecule has 0 N–H and O–H groups in total. The Bertz CT molecular complexity index is 1220. The maximum atomic E-state index is 10.1. The Balaban J connectivity index is -0.000000263. The predicted molar refractivity (Wildman–Crippen MR) is 276 cm³/mol. The van der Waals surface area contributed by atoms with Gasteiger partial charge in [0.25, 0.3) is 0 Å². The third kappa shape index (κ3) is 94.7. The summed E-state index contributed by atoms with van der Waals surface area (Å²) < 4.78 is 138. The summed E-state index contributed by atoms with van der Waals surface area (Å²) in [5.74, 6) is 0. The van der Waals surface area contributed by atoms with Crippen LogP contribution in [0.3, 0.4) is 0 Å². The van der Waals surface area contributed by atoms with Crippen LogP contribution in [0.1, 0.15) is 285 Å². The summed E-state index contributed by atoms with van der Waals surface area (Å²) in [6.07, 6.45) is 46.8. The topological polar surface area (TPSA) is 266 Å². The SMILES string of the molecule is CCCCCCCCCCCCOS(=O)(=O)[O-].CCCCCCCCCCCCOS(=O)(=O)[O-].CCCCCCCCCCCCOS(=O)(=O)[O-].CCCCCCCCCCCCOS(=O)(=O)[O-].[Mg+2]. The summed E-state index contributed by atoms with van der Waals surface area (Å²) in [4.78, 5) is 0. The fourth-order valence-electron chi connectivity index (χ4n) is 7.00. The van der Waals surface area contributed by atoms with Crippen LogP contribution in [0.2, 0.25) is 0 Å². The Morgan fingerprint density at radius 2 is 0.319 bits per heavy atom. The normalized spacial score (nSPS) is 11.7. The molecule has 0 rings (SSSR count). The molecule has 0 spiro atoms. The molecule has 0 aromatic carbocycles. The van der Waals surface area contributed by atoms with E-state index in [1.165, 1.54) is 180 Å². The van der Waals surface area contributed by atoms with Crippen molar-refractivity contribution >= 4 is 64.6 Å². The molecule has 0 aliphatic rings. The van der Waals surface area contributed by atoms with E-state index < -0.39 is 41.6 Å². The first kappa shape index (κ1) is 78.1. The number of rotatable bonds is 48. The van der Waals surface area contributed by atoms with Crippen LogP contribution in [0.5, 0.6) is 0 Å². The van der Waals surface area contributed by atoms with Crippen molar-refractivity contribution in [2.45, 2.75) is 285 Å². The molecule has 0 unspecified atom stereocenters. The molecule has 21 heteroatoms. The summed E-state index contributed by atoms with van der Waals surface area (Å²) in [6, 6.07) is 0. The Morgan fingerprint density at radius 1 is 0.217 bits per heavy atom. The third-order valence-corrected chi connectivity index (χ3v) is 12.7. The predicted octanol–water partition coefficient (Wildman–Crippen LogP) is 13.2. The maximum absolute atomic E-state index is 10.1. The van der Waals surface area contributed by atoms with Crippen molar-refractivity contribution in [1.82, 2.24) is 0 Å². The zero-order chi connectivity index (χ0) is 51.9. The van der Waals surface area contributed by atoms with E-state index in [1.54, 1.807) is 0 Å². The average Bonchev–Trinajstić information content (AvgIpc) is 3.25. The van der Waals surface area contributed by atoms with Crippen LogP contribution >= 0.6 is 0 Å². The molecular formula is C48H100MgO16S4-2. The van der Waals surface area contributed by atoms with E-state index in [1.807, 2.05) is 0 Å². The summed E-state index contributed by atoms with van der Waals surface area (Å²) in [7, 11) is -17.9. The van der Waals surface area contributed by atoms with E-state index >= 15 is 0 Å². The monoisotopic (exact) mass is 1080 g/mol. The van der Waals surface area contributed by atoms with Gasteiger partial charge in [0.2, 0.25) is 41.6 Å². The molecule has 0 fully saturated rings. The number of unbranched alkanes of at least 4 members (excludes halogenated alkanes) is 36. The van der Waals surface area contributed by atoms with Crippen LogP contribution in [-0.2, 0) is 58.3 Å². The molecule has 0 heterocycles. The first-order valence-electron chi connectivity index (χ1n) is 26.6. The standard InChI is InChI=1S/4C12H26O4S.Mg/c4*1-2-3-4-5-6-7-8-9-10-11-12-16-17(13,14)15;/h4*2-12H2,1H3,(H,13,14,15);/q;;;;+2/p-4. The Morgan fingerprint density at radius 3 is 0.420 bits per heavy atom. The first-order chi connectivity index (χ1) is 32.2. The van der Waals surface area contributed by atoms with Gasteiger partial charge >= 0.3 is 23.1 Å². The fraction of sp³-hybridized carbons (Fsp3) is 1.00. The zero-order valence-corrected chi connectivity index (χ0v) is 48.7. The van der Waals surface area contributed by atoms with Crippen molar-refractivity contribution in [1.29, 1.82) is 0 Å². The summed E-state index contributed by atoms with van der Waals surface area (Å²) in [5.41, 5.74) is 0. The second-order valence-electron chi connectivity index (χ2n) is 17.6. The molecule has 0 aromatic heterocycles. The van der Waals surface area contributed by atoms with E-state index in [4.69, 9.17) is 0 Å². The molecular weight excluding hydrogens is 985 g/mol. The van der Waals surface area contributed by atoms with Gasteiger partial charge in [-0.25, -0.2) is 33.7 Å². The molecule has 416 valence electrons. The molecule has 0 bridgehead atoms. The van der Waals surface area contributed by atoms with Crippen LogP contribution in [0, 0.1) is 0 Å². The van der Waals surface area contributed by atoms with Gasteiger partial charge in [0.1, 0.15) is 0 Å². The number of hydrogen-bond donors (Lipinski definition) is 0. The Labute approximate surface area is 441 Å². The van der Waals surface area contributed by atoms with Gasteiger partial charge in [-0.15, -0.1) is 0 Å². The first-order valence-corrected chi connectivity index (χ1v) is 32.0. The third-order valence-electron chi connectivity index (χ3n) is 10.9. The molecule has 0 saturated heterocycles. The van der Waals surface area contributed by atoms with E-state index in [0.29, 0.717) is 25.7 Å². The van der Waals surface area contributed by atoms with Crippen molar-refractivity contribution < 1.29 is 68.6 Å². The summed E-state index contributed by atoms with van der Waals surface area (Å²) >= 11 is 0. The quantitative estimate of drug-likeness (QED) is 0.0237. The number of hydrogen-bond acceptors (Lipinski definition) is 16. The van der Waals surface area contributed by atoms with Crippen LogP contribution in [0.25, 0.3) is 0 Å². The van der Waals surface area contributed by atoms with Gasteiger partial charge in [0.15, 0.2) is 0 Å². The van der Waals surface area contributed by atoms with Crippen molar-refractivity contribution in [2.24, 2.45) is 0 Å². The van der Waals surface area contributed by atoms with Crippen molar-refractivity contribution in [3.05, 3.63) is 0 Å². The molecule has 0 aromatic rings. The smallest absolute Gasteiger partial charge is 0.726 e. The van der Waals surface area contributed by atoms with Crippen molar-refractivity contribution in [3.63, 3.8) is 0 Å². The van der Waals surface area contributed by atoms with Crippen LogP contribution in [0.4, 0.5) is 0 Å². The van der Waals surface area contributed by atoms with Crippen molar-refractivity contribution in [3.8, 4) is 0 Å². The van der Waals surface area contributed by atoms with Crippen LogP contribution in [0.15, 0.2) is 0 Å². The molecule has 69 heavy (non-hydrogen) atoms. The fourth-order valence-corrected chi connectivity index (χ4v) is 8.29. The van der Waals surface area contributed by atoms with Gasteiger partial charge in [0, 0.05) is 0 Å². The van der Waals surface area contributed by atoms with Gasteiger partial charge < -0.3 is 18.2 Å². The average molecular weight is 1090 g/mol. The Kier molecular flexibility index (Phi) is 67.0. The molecule has 0 amide bonds. The van der Waals surface area contributed by atoms with E-state index in [2.05, 4.69) is 44.4 Å². The van der Waals surface area contributed by atoms with E-state index in [0.717, 1.165) is 51.4 Å². The second kappa shape index (κ2) is 59.1. The largest absolute Gasteiger partial charge is 2.00 e. The van der Waals surface area contributed by atoms with Gasteiger partial charge in [-0.3, -0.25) is 16.7 Å². The van der Waals surface area contributed by atoms with E-state index in [9.17, 15) is 51.9 Å². The molecule has 0 saturated carbocycles. The van der Waals surface area contributed by atoms with Gasteiger partial charge in [-0.1, -0.05) is 259 Å². The molecule has 0 radical (unpaired) electrons. The second-order valence-corrected chi connectivity index (χ2v) is 21.9. The summed E-state index contributed by atoms with van der Waals surface area (Å²) in [5, 5.41) is 0. The molecule has 0 aliphatic carbocycles. The van der Waals surface area contributed by atoms with Gasteiger partial charge in [0.05, 0.1) is 26.4 Å². The van der Waals surface area contributed by atoms with Crippen LogP contribution < -0.4 is 0 Å². The minimum absolute atomic E-state index is 0. The molecule has 0 atom stereocenters. The van der Waals surface area contributed by atoms with Gasteiger partial charge in [-0.05, 0) is 25.7 Å². The Hall–Kier alpha value is 0.246. The van der Waals surface area contributed by atoms with Gasteiger partial charge in [-0.2, -0.15) is 0 Å². The minimum Gasteiger partial charge on any atom is -0.726 e. The van der Waals surface area contributed by atoms with E-state index in [-0.39, 0.29) is 49.5 Å². The minimum atomic E-state index is -4.48. The van der Waals surface area contributed by atoms with Crippen LogP contribution in [-0.4, -0.2) is 101 Å². The van der Waals surface area contributed by atoms with Crippen molar-refractivity contribution in [2.75, 3.05) is 26.4 Å². The molecule has 0 aliphatic heterocycles.